The molecule has 218 valence electrons. The fourth-order valence-electron chi connectivity index (χ4n) is 6.10. The Balaban J connectivity index is 1.28. The van der Waals surface area contributed by atoms with E-state index < -0.39 is 36.2 Å². The molecule has 41 heavy (non-hydrogen) atoms. The average Bonchev–Trinajstić information content (AvgIpc) is 3.55. The molecule has 1 aliphatic carbocycles. The Hall–Kier alpha value is -3.25. The number of nitrogens with zero attached hydrogens (tertiary/aromatic N) is 7. The number of amides is 1. The monoisotopic (exact) mass is 591 g/mol. The van der Waals surface area contributed by atoms with Crippen molar-refractivity contribution < 1.29 is 22.4 Å². The molecule has 0 radical (unpaired) electrons. The maximum atomic E-state index is 14.7. The highest BCUT2D eigenvalue weighted by atomic mass is 35.5. The van der Waals surface area contributed by atoms with Gasteiger partial charge < -0.3 is 9.80 Å². The number of likely N-dealkylation sites (tertiary alicyclic amines) is 1. The van der Waals surface area contributed by atoms with Gasteiger partial charge in [0.05, 0.1) is 17.9 Å². The molecule has 3 aromatic rings. The van der Waals surface area contributed by atoms with Crippen molar-refractivity contribution in [2.75, 3.05) is 37.6 Å². The maximum Gasteiger partial charge on any atom is 0.433 e. The molecule has 1 saturated carbocycles. The number of halogens is 5. The second-order valence-electron chi connectivity index (χ2n) is 11.0. The fourth-order valence-corrected chi connectivity index (χ4v) is 6.32. The number of hydrogen-bond acceptors (Lipinski definition) is 6. The normalized spacial score (nSPS) is 22.0. The zero-order chi connectivity index (χ0) is 28.9. The standard InChI is InChI=1S/C28H30ClF4N7O/c1-17-12-19(30)13-20(26(17)29)27-22(37-8-10-38(11-9-37)24-15-34-5-6-35-24)4-7-39(27)25(41)16-40-23(28(31,32)33)14-21(36-40)18-2-3-18/h5-6,12-15,18,22,27H,2-4,7-11,16H2,1H3/t22-,27-/m0/s1. The first kappa shape index (κ1) is 27.9. The van der Waals surface area contributed by atoms with Gasteiger partial charge in [0.15, 0.2) is 0 Å². The van der Waals surface area contributed by atoms with Crippen LogP contribution in [0.5, 0.6) is 0 Å². The lowest BCUT2D eigenvalue weighted by Crippen LogP contribution is -2.52. The molecule has 6 rings (SSSR count). The summed E-state index contributed by atoms with van der Waals surface area (Å²) in [7, 11) is 0. The summed E-state index contributed by atoms with van der Waals surface area (Å²) in [5.41, 5.74) is 0.435. The van der Waals surface area contributed by atoms with Gasteiger partial charge >= 0.3 is 6.18 Å². The molecule has 0 bridgehead atoms. The van der Waals surface area contributed by atoms with Crippen molar-refractivity contribution in [3.63, 3.8) is 0 Å². The van der Waals surface area contributed by atoms with E-state index in [2.05, 4.69) is 24.9 Å². The van der Waals surface area contributed by atoms with Crippen LogP contribution in [0.1, 0.15) is 53.7 Å². The molecular weight excluding hydrogens is 562 g/mol. The number of aryl methyl sites for hydroxylation is 1. The van der Waals surface area contributed by atoms with Gasteiger partial charge in [0.25, 0.3) is 0 Å². The second-order valence-corrected chi connectivity index (χ2v) is 11.4. The Morgan fingerprint density at radius 3 is 2.46 bits per heavy atom. The molecule has 0 spiro atoms. The molecule has 3 aliphatic rings. The molecule has 2 atom stereocenters. The van der Waals surface area contributed by atoms with Crippen molar-refractivity contribution in [1.82, 2.24) is 29.5 Å². The van der Waals surface area contributed by atoms with Crippen molar-refractivity contribution in [3.05, 3.63) is 70.1 Å². The lowest BCUT2D eigenvalue weighted by atomic mass is 9.96. The van der Waals surface area contributed by atoms with Crippen LogP contribution in [-0.2, 0) is 17.5 Å². The minimum Gasteiger partial charge on any atom is -0.353 e. The van der Waals surface area contributed by atoms with Crippen LogP contribution < -0.4 is 4.90 Å². The van der Waals surface area contributed by atoms with E-state index in [4.69, 9.17) is 11.6 Å². The summed E-state index contributed by atoms with van der Waals surface area (Å²) in [5.74, 6) is -0.204. The minimum atomic E-state index is -4.64. The summed E-state index contributed by atoms with van der Waals surface area (Å²) >= 11 is 6.70. The first-order chi connectivity index (χ1) is 19.6. The van der Waals surface area contributed by atoms with E-state index in [0.717, 1.165) is 29.4 Å². The first-order valence-corrected chi connectivity index (χ1v) is 14.1. The van der Waals surface area contributed by atoms with Crippen LogP contribution in [0.2, 0.25) is 5.02 Å². The van der Waals surface area contributed by atoms with E-state index in [1.54, 1.807) is 30.4 Å². The molecule has 0 N–H and O–H groups in total. The van der Waals surface area contributed by atoms with Crippen molar-refractivity contribution >= 4 is 23.3 Å². The predicted octanol–water partition coefficient (Wildman–Crippen LogP) is 4.83. The van der Waals surface area contributed by atoms with Crippen LogP contribution in [-0.4, -0.2) is 74.2 Å². The minimum absolute atomic E-state index is 0.00553. The Morgan fingerprint density at radius 2 is 1.80 bits per heavy atom. The number of carbonyl (C=O) groups is 1. The highest BCUT2D eigenvalue weighted by molar-refractivity contribution is 6.32. The van der Waals surface area contributed by atoms with Gasteiger partial charge in [-0.05, 0) is 55.5 Å². The third-order valence-electron chi connectivity index (χ3n) is 8.28. The molecule has 2 aromatic heterocycles. The van der Waals surface area contributed by atoms with Crippen LogP contribution in [0.3, 0.4) is 0 Å². The quantitative estimate of drug-likeness (QED) is 0.382. The van der Waals surface area contributed by atoms with Crippen LogP contribution in [0.15, 0.2) is 36.8 Å². The van der Waals surface area contributed by atoms with Crippen molar-refractivity contribution in [3.8, 4) is 0 Å². The van der Waals surface area contributed by atoms with Gasteiger partial charge in [-0.1, -0.05) is 11.6 Å². The van der Waals surface area contributed by atoms with Crippen molar-refractivity contribution in [1.29, 1.82) is 0 Å². The Labute approximate surface area is 239 Å². The molecule has 4 heterocycles. The smallest absolute Gasteiger partial charge is 0.353 e. The summed E-state index contributed by atoms with van der Waals surface area (Å²) < 4.78 is 57.0. The highest BCUT2D eigenvalue weighted by Crippen LogP contribution is 2.43. The van der Waals surface area contributed by atoms with Crippen LogP contribution in [0.25, 0.3) is 0 Å². The third-order valence-corrected chi connectivity index (χ3v) is 8.80. The van der Waals surface area contributed by atoms with Crippen LogP contribution in [0.4, 0.5) is 23.4 Å². The number of anilines is 1. The largest absolute Gasteiger partial charge is 0.433 e. The van der Waals surface area contributed by atoms with Gasteiger partial charge in [-0.2, -0.15) is 18.3 Å². The number of piperazine rings is 1. The number of carbonyl (C=O) groups excluding carboxylic acids is 1. The average molecular weight is 592 g/mol. The lowest BCUT2D eigenvalue weighted by molar-refractivity contribution is -0.146. The first-order valence-electron chi connectivity index (χ1n) is 13.7. The van der Waals surface area contributed by atoms with Gasteiger partial charge in [0.2, 0.25) is 5.91 Å². The van der Waals surface area contributed by atoms with Crippen molar-refractivity contribution in [2.45, 2.75) is 56.9 Å². The Morgan fingerprint density at radius 1 is 1.05 bits per heavy atom. The molecule has 1 aromatic carbocycles. The maximum absolute atomic E-state index is 14.7. The summed E-state index contributed by atoms with van der Waals surface area (Å²) in [5, 5.41) is 4.53. The zero-order valence-electron chi connectivity index (χ0n) is 22.5. The Kier molecular flexibility index (Phi) is 7.39. The summed E-state index contributed by atoms with van der Waals surface area (Å²) in [4.78, 5) is 28.2. The van der Waals surface area contributed by atoms with Gasteiger partial charge in [0.1, 0.15) is 23.9 Å². The summed E-state index contributed by atoms with van der Waals surface area (Å²) in [6, 6.07) is 2.91. The van der Waals surface area contributed by atoms with Gasteiger partial charge in [0, 0.05) is 62.1 Å². The van der Waals surface area contributed by atoms with Crippen molar-refractivity contribution in [2.24, 2.45) is 0 Å². The molecule has 2 aliphatic heterocycles. The lowest BCUT2D eigenvalue weighted by Gasteiger charge is -2.41. The van der Waals surface area contributed by atoms with E-state index in [9.17, 15) is 22.4 Å². The highest BCUT2D eigenvalue weighted by Gasteiger charge is 2.44. The topological polar surface area (TPSA) is 70.4 Å². The number of alkyl halides is 3. The molecule has 8 nitrogen and oxygen atoms in total. The predicted molar refractivity (Wildman–Crippen MR) is 144 cm³/mol. The fraction of sp³-hybridized carbons (Fsp3) is 0.500. The van der Waals surface area contributed by atoms with E-state index in [1.165, 1.54) is 12.1 Å². The zero-order valence-corrected chi connectivity index (χ0v) is 23.2. The van der Waals surface area contributed by atoms with E-state index in [1.807, 2.05) is 0 Å². The SMILES string of the molecule is Cc1cc(F)cc([C@H]2[C@@H](N3CCN(c4cnccn4)CC3)CCN2C(=O)Cn2nc(C3CC3)cc2C(F)(F)F)c1Cl. The summed E-state index contributed by atoms with van der Waals surface area (Å²) in [6.07, 6.45) is 2.49. The molecule has 1 amide bonds. The number of rotatable bonds is 6. The molecule has 3 fully saturated rings. The van der Waals surface area contributed by atoms with Crippen LogP contribution >= 0.6 is 11.6 Å². The van der Waals surface area contributed by atoms with Gasteiger partial charge in [-0.3, -0.25) is 19.4 Å². The third kappa shape index (κ3) is 5.63. The second kappa shape index (κ2) is 10.9. The van der Waals surface area contributed by atoms with Crippen LogP contribution in [0, 0.1) is 12.7 Å². The number of hydrogen-bond donors (Lipinski definition) is 0. The number of aromatic nitrogens is 4. The molecular formula is C28H30ClF4N7O. The number of benzene rings is 1. The van der Waals surface area contributed by atoms with E-state index in [-0.39, 0.29) is 12.0 Å². The molecule has 0 unspecified atom stereocenters. The summed E-state index contributed by atoms with van der Waals surface area (Å²) in [6.45, 7) is 4.13. The molecule has 13 heteroatoms. The van der Waals surface area contributed by atoms with Gasteiger partial charge in [-0.25, -0.2) is 9.37 Å². The van der Waals surface area contributed by atoms with E-state index in [0.29, 0.717) is 61.0 Å². The van der Waals surface area contributed by atoms with Gasteiger partial charge in [-0.15, -0.1) is 0 Å². The Bertz CT molecular complexity index is 1420. The van der Waals surface area contributed by atoms with E-state index >= 15 is 0 Å². The molecule has 2 saturated heterocycles.